The van der Waals surface area contributed by atoms with Gasteiger partial charge in [-0.2, -0.15) is 0 Å². The first kappa shape index (κ1) is 24.7. The van der Waals surface area contributed by atoms with Gasteiger partial charge in [0.25, 0.3) is 0 Å². The average molecular weight is 571 g/mol. The summed E-state index contributed by atoms with van der Waals surface area (Å²) < 4.78 is 20.4. The highest BCUT2D eigenvalue weighted by molar-refractivity contribution is 9.10. The van der Waals surface area contributed by atoms with Gasteiger partial charge >= 0.3 is 6.09 Å². The molecule has 2 aliphatic rings. The first-order chi connectivity index (χ1) is 18.6. The number of benzene rings is 4. The molecular formula is C32H28BrFN2O2. The maximum absolute atomic E-state index is 13.8. The number of nitrogens with zero attached hydrogens (tertiary/aromatic N) is 1. The zero-order chi connectivity index (χ0) is 26.1. The summed E-state index contributed by atoms with van der Waals surface area (Å²) in [5.74, 6) is -0.230. The molecule has 0 fully saturated rings. The van der Waals surface area contributed by atoms with Crippen molar-refractivity contribution in [2.45, 2.75) is 44.0 Å². The van der Waals surface area contributed by atoms with E-state index in [1.54, 1.807) is 12.1 Å². The minimum Gasteiger partial charge on any atom is -0.445 e. The third-order valence-electron chi connectivity index (χ3n) is 7.62. The quantitative estimate of drug-likeness (QED) is 0.263. The fourth-order valence-corrected chi connectivity index (χ4v) is 6.13. The van der Waals surface area contributed by atoms with Gasteiger partial charge in [0.05, 0.1) is 18.1 Å². The number of ether oxygens (including phenoxy) is 1. The highest BCUT2D eigenvalue weighted by atomic mass is 79.9. The molecule has 4 aromatic carbocycles. The van der Waals surface area contributed by atoms with Crippen molar-refractivity contribution in [2.75, 3.05) is 4.90 Å². The largest absolute Gasteiger partial charge is 0.445 e. The number of nitrogens with one attached hydrogen (secondary N) is 1. The van der Waals surface area contributed by atoms with E-state index in [0.717, 1.165) is 34.0 Å². The highest BCUT2D eigenvalue weighted by Crippen LogP contribution is 2.53. The van der Waals surface area contributed by atoms with Gasteiger partial charge in [0.2, 0.25) is 0 Å². The summed E-state index contributed by atoms with van der Waals surface area (Å²) >= 11 is 3.56. The predicted octanol–water partition coefficient (Wildman–Crippen LogP) is 8.19. The van der Waals surface area contributed by atoms with Crippen LogP contribution in [0.5, 0.6) is 0 Å². The Bertz CT molecular complexity index is 1430. The summed E-state index contributed by atoms with van der Waals surface area (Å²) in [7, 11) is 0. The van der Waals surface area contributed by atoms with Crippen LogP contribution in [0.2, 0.25) is 0 Å². The third-order valence-corrected chi connectivity index (χ3v) is 8.15. The Labute approximate surface area is 230 Å². The molecule has 6 heteroatoms. The van der Waals surface area contributed by atoms with Gasteiger partial charge in [0, 0.05) is 10.2 Å². The maximum atomic E-state index is 13.8. The zero-order valence-corrected chi connectivity index (χ0v) is 22.4. The van der Waals surface area contributed by atoms with E-state index in [0.29, 0.717) is 6.42 Å². The number of hydrogen-bond acceptors (Lipinski definition) is 3. The van der Waals surface area contributed by atoms with Crippen molar-refractivity contribution in [1.82, 2.24) is 5.32 Å². The van der Waals surface area contributed by atoms with Crippen LogP contribution in [-0.2, 0) is 17.8 Å². The molecular weight excluding hydrogens is 543 g/mol. The molecule has 1 amide bonds. The van der Waals surface area contributed by atoms with Crippen molar-refractivity contribution >= 4 is 27.7 Å². The van der Waals surface area contributed by atoms with Crippen molar-refractivity contribution in [1.29, 1.82) is 0 Å². The van der Waals surface area contributed by atoms with Crippen LogP contribution in [0.4, 0.5) is 14.9 Å². The Morgan fingerprint density at radius 2 is 1.61 bits per heavy atom. The second-order valence-corrected chi connectivity index (χ2v) is 10.8. The normalized spacial score (nSPS) is 19.9. The molecule has 4 nitrogen and oxygen atoms in total. The van der Waals surface area contributed by atoms with Crippen molar-refractivity contribution < 1.29 is 13.9 Å². The molecule has 0 unspecified atom stereocenters. The number of amides is 1. The number of halogens is 2. The van der Waals surface area contributed by atoms with E-state index < -0.39 is 6.09 Å². The molecule has 2 aliphatic heterocycles. The minimum atomic E-state index is -0.426. The minimum absolute atomic E-state index is 0.0199. The van der Waals surface area contributed by atoms with Crippen molar-refractivity contribution in [2.24, 2.45) is 0 Å². The lowest BCUT2D eigenvalue weighted by Gasteiger charge is -2.50. The van der Waals surface area contributed by atoms with Gasteiger partial charge in [-0.3, -0.25) is 0 Å². The third kappa shape index (κ3) is 4.93. The number of carbonyl (C=O) groups is 1. The fourth-order valence-electron chi connectivity index (χ4n) is 5.87. The number of para-hydroxylation sites is 1. The van der Waals surface area contributed by atoms with Gasteiger partial charge in [0.15, 0.2) is 0 Å². The zero-order valence-electron chi connectivity index (χ0n) is 20.8. The van der Waals surface area contributed by atoms with Gasteiger partial charge in [-0.1, -0.05) is 88.7 Å². The van der Waals surface area contributed by atoms with Gasteiger partial charge in [-0.15, -0.1) is 0 Å². The van der Waals surface area contributed by atoms with Crippen LogP contribution in [0, 0.1) is 5.82 Å². The van der Waals surface area contributed by atoms with Crippen LogP contribution in [-0.4, -0.2) is 6.09 Å². The van der Waals surface area contributed by atoms with Crippen molar-refractivity contribution in [3.8, 4) is 0 Å². The number of alkyl carbamates (subject to hydrolysis) is 1. The van der Waals surface area contributed by atoms with Crippen LogP contribution < -0.4 is 10.2 Å². The van der Waals surface area contributed by atoms with E-state index in [9.17, 15) is 9.18 Å². The Morgan fingerprint density at radius 3 is 2.37 bits per heavy atom. The fraction of sp³-hybridized carbons (Fsp3) is 0.219. The van der Waals surface area contributed by atoms with Crippen LogP contribution in [0.3, 0.4) is 0 Å². The maximum Gasteiger partial charge on any atom is 0.407 e. The molecule has 4 aromatic rings. The van der Waals surface area contributed by atoms with Crippen LogP contribution in [0.1, 0.15) is 58.8 Å². The molecule has 0 saturated carbocycles. The van der Waals surface area contributed by atoms with Gasteiger partial charge in [0.1, 0.15) is 12.4 Å². The molecule has 6 rings (SSSR count). The Kier molecular flexibility index (Phi) is 6.90. The van der Waals surface area contributed by atoms with E-state index in [4.69, 9.17) is 4.74 Å². The van der Waals surface area contributed by atoms with Crippen molar-refractivity contribution in [3.05, 3.63) is 135 Å². The van der Waals surface area contributed by atoms with E-state index in [2.05, 4.69) is 68.6 Å². The number of rotatable bonds is 5. The Hall–Kier alpha value is -3.64. The standard InChI is InChI=1S/C32H28BrFN2O2/c33-25-14-9-23(10-15-25)30-19-28(35-32(37)38-20-21-5-2-1-3-6-21)27-8-4-7-24-13-18-29(36(30)31(24)27)22-11-16-26(34)17-12-22/h1-12,14-17,28-30H,13,18-20H2,(H,35,37)/t28-,29+,30-/m0/s1. The predicted molar refractivity (Wildman–Crippen MR) is 150 cm³/mol. The summed E-state index contributed by atoms with van der Waals surface area (Å²) in [5.41, 5.74) is 6.76. The molecule has 192 valence electrons. The lowest BCUT2D eigenvalue weighted by molar-refractivity contribution is 0.134. The number of aryl methyl sites for hydroxylation is 1. The first-order valence-electron chi connectivity index (χ1n) is 12.9. The van der Waals surface area contributed by atoms with Gasteiger partial charge in [-0.05, 0) is 71.3 Å². The Morgan fingerprint density at radius 1 is 0.895 bits per heavy atom. The first-order valence-corrected chi connectivity index (χ1v) is 13.7. The van der Waals surface area contributed by atoms with Gasteiger partial charge in [-0.25, -0.2) is 9.18 Å². The molecule has 38 heavy (non-hydrogen) atoms. The van der Waals surface area contributed by atoms with E-state index in [-0.39, 0.29) is 30.5 Å². The van der Waals surface area contributed by atoms with E-state index >= 15 is 0 Å². The van der Waals surface area contributed by atoms with Crippen LogP contribution in [0.25, 0.3) is 0 Å². The van der Waals surface area contributed by atoms with Crippen molar-refractivity contribution in [3.63, 3.8) is 0 Å². The summed E-state index contributed by atoms with van der Waals surface area (Å²) in [6.07, 6.45) is 2.12. The van der Waals surface area contributed by atoms with Gasteiger partial charge < -0.3 is 15.0 Å². The number of carbonyl (C=O) groups excluding carboxylic acids is 1. The topological polar surface area (TPSA) is 41.6 Å². The molecule has 2 heterocycles. The second kappa shape index (κ2) is 10.6. The summed E-state index contributed by atoms with van der Waals surface area (Å²) in [4.78, 5) is 15.5. The molecule has 0 spiro atoms. The monoisotopic (exact) mass is 570 g/mol. The smallest absolute Gasteiger partial charge is 0.407 e. The van der Waals surface area contributed by atoms with E-state index in [1.807, 2.05) is 42.5 Å². The molecule has 0 saturated heterocycles. The molecule has 0 bridgehead atoms. The Balaban J connectivity index is 1.36. The SMILES string of the molecule is O=C(N[C@H]1C[C@@H](c2ccc(Br)cc2)N2c3c(cccc31)CC[C@@H]2c1ccc(F)cc1)OCc1ccccc1. The number of anilines is 1. The lowest BCUT2D eigenvalue weighted by Crippen LogP contribution is -2.44. The second-order valence-electron chi connectivity index (χ2n) is 9.93. The number of hydrogen-bond donors (Lipinski definition) is 1. The van der Waals surface area contributed by atoms with E-state index in [1.165, 1.54) is 16.8 Å². The molecule has 1 N–H and O–H groups in total. The highest BCUT2D eigenvalue weighted by Gasteiger charge is 2.41. The lowest BCUT2D eigenvalue weighted by atomic mass is 9.79. The van der Waals surface area contributed by atoms with Crippen LogP contribution >= 0.6 is 15.9 Å². The molecule has 0 radical (unpaired) electrons. The average Bonchev–Trinajstić information content (AvgIpc) is 2.95. The summed E-state index contributed by atoms with van der Waals surface area (Å²) in [6.45, 7) is 0.223. The molecule has 0 aliphatic carbocycles. The molecule has 3 atom stereocenters. The summed E-state index contributed by atoms with van der Waals surface area (Å²) in [6, 6.07) is 31.3. The van der Waals surface area contributed by atoms with Crippen LogP contribution in [0.15, 0.2) is 102 Å². The summed E-state index contributed by atoms with van der Waals surface area (Å²) in [5, 5.41) is 3.17. The molecule has 0 aromatic heterocycles.